The summed E-state index contributed by atoms with van der Waals surface area (Å²) in [7, 11) is 0. The predicted octanol–water partition coefficient (Wildman–Crippen LogP) is 0.783. The molecule has 1 aliphatic carbocycles. The second-order valence-corrected chi connectivity index (χ2v) is 3.66. The van der Waals surface area contributed by atoms with E-state index >= 15 is 0 Å². The Balaban J connectivity index is 2.22. The van der Waals surface area contributed by atoms with E-state index in [0.29, 0.717) is 11.1 Å². The maximum atomic E-state index is 9.28. The van der Waals surface area contributed by atoms with Gasteiger partial charge in [-0.05, 0) is 18.6 Å². The van der Waals surface area contributed by atoms with Gasteiger partial charge in [0.05, 0.1) is 0 Å². The van der Waals surface area contributed by atoms with E-state index < -0.39 is 6.23 Å². The fraction of sp³-hybridized carbons (Fsp3) is 0.857. The lowest BCUT2D eigenvalue weighted by Gasteiger charge is -2.03. The van der Waals surface area contributed by atoms with E-state index in [1.165, 1.54) is 24.6 Å². The minimum Gasteiger partial charge on any atom is -0.378 e. The van der Waals surface area contributed by atoms with Crippen LogP contribution in [0.5, 0.6) is 0 Å². The minimum absolute atomic E-state index is 0.471. The average molecular weight is 174 g/mol. The molecule has 3 N–H and O–H groups in total. The minimum atomic E-state index is -0.574. The van der Waals surface area contributed by atoms with Crippen molar-refractivity contribution in [3.05, 3.63) is 0 Å². The van der Waals surface area contributed by atoms with Crippen molar-refractivity contribution in [2.45, 2.75) is 25.5 Å². The number of thioether (sulfide) groups is 1. The number of hydrogen-bond donors (Lipinski definition) is 2. The Bertz CT molecular complexity index is 157. The monoisotopic (exact) mass is 174 g/mol. The number of rotatable bonds is 3. The molecule has 1 fully saturated rings. The van der Waals surface area contributed by atoms with Crippen LogP contribution in [0.15, 0.2) is 4.99 Å². The third-order valence-electron chi connectivity index (χ3n) is 1.73. The molecule has 3 nitrogen and oxygen atoms in total. The van der Waals surface area contributed by atoms with Crippen LogP contribution in [-0.4, -0.2) is 22.8 Å². The molecule has 0 aliphatic heterocycles. The molecule has 1 saturated carbocycles. The van der Waals surface area contributed by atoms with Crippen molar-refractivity contribution in [1.82, 2.24) is 0 Å². The van der Waals surface area contributed by atoms with E-state index in [4.69, 9.17) is 5.73 Å². The molecule has 0 aromatic rings. The van der Waals surface area contributed by atoms with E-state index in [1.807, 2.05) is 6.26 Å². The van der Waals surface area contributed by atoms with Crippen LogP contribution >= 0.6 is 11.8 Å². The standard InChI is InChI=1S/C7H14N2OS/c1-11-7(8)9-6(10)4-5-2-3-5/h5-6,10H,2-4H2,1H3,(H2,8,9). The Hall–Kier alpha value is -0.220. The third kappa shape index (κ3) is 3.62. The number of amidine groups is 1. The van der Waals surface area contributed by atoms with Crippen LogP contribution in [0, 0.1) is 5.92 Å². The maximum absolute atomic E-state index is 9.28. The molecule has 0 radical (unpaired) electrons. The van der Waals surface area contributed by atoms with Crippen molar-refractivity contribution < 1.29 is 5.11 Å². The highest BCUT2D eigenvalue weighted by Gasteiger charge is 2.24. The molecule has 0 saturated heterocycles. The molecular formula is C7H14N2OS. The summed E-state index contributed by atoms with van der Waals surface area (Å²) in [5.41, 5.74) is 5.42. The zero-order valence-corrected chi connectivity index (χ0v) is 7.47. The molecule has 0 bridgehead atoms. The van der Waals surface area contributed by atoms with Crippen LogP contribution in [0.3, 0.4) is 0 Å². The summed E-state index contributed by atoms with van der Waals surface area (Å²) in [6.07, 6.45) is 4.54. The molecule has 11 heavy (non-hydrogen) atoms. The highest BCUT2D eigenvalue weighted by atomic mass is 32.2. The zero-order chi connectivity index (χ0) is 8.27. The smallest absolute Gasteiger partial charge is 0.156 e. The topological polar surface area (TPSA) is 58.6 Å². The van der Waals surface area contributed by atoms with Gasteiger partial charge in [-0.2, -0.15) is 0 Å². The first-order valence-electron chi connectivity index (χ1n) is 3.77. The molecule has 64 valence electrons. The van der Waals surface area contributed by atoms with Crippen LogP contribution in [0.25, 0.3) is 0 Å². The molecule has 0 heterocycles. The van der Waals surface area contributed by atoms with Gasteiger partial charge in [-0.1, -0.05) is 24.6 Å². The highest BCUT2D eigenvalue weighted by molar-refractivity contribution is 8.13. The molecule has 0 aromatic carbocycles. The Morgan fingerprint density at radius 2 is 2.45 bits per heavy atom. The SMILES string of the molecule is CS/C(N)=N/C(O)CC1CC1. The number of nitrogens with two attached hydrogens (primary N) is 1. The second-order valence-electron chi connectivity index (χ2n) is 2.83. The first kappa shape index (κ1) is 8.87. The van der Waals surface area contributed by atoms with Gasteiger partial charge in [0.25, 0.3) is 0 Å². The summed E-state index contributed by atoms with van der Waals surface area (Å²) in [5.74, 6) is 0.698. The van der Waals surface area contributed by atoms with Crippen molar-refractivity contribution in [2.24, 2.45) is 16.6 Å². The lowest BCUT2D eigenvalue weighted by atomic mass is 10.3. The van der Waals surface area contributed by atoms with Gasteiger partial charge in [0.1, 0.15) is 6.23 Å². The number of aliphatic hydroxyl groups is 1. The fourth-order valence-corrected chi connectivity index (χ4v) is 1.13. The average Bonchev–Trinajstić information content (AvgIpc) is 2.71. The largest absolute Gasteiger partial charge is 0.378 e. The molecule has 4 heteroatoms. The summed E-state index contributed by atoms with van der Waals surface area (Å²) >= 11 is 1.37. The summed E-state index contributed by atoms with van der Waals surface area (Å²) < 4.78 is 0. The van der Waals surface area contributed by atoms with Crippen LogP contribution in [-0.2, 0) is 0 Å². The van der Waals surface area contributed by atoms with E-state index in [9.17, 15) is 5.11 Å². The van der Waals surface area contributed by atoms with Gasteiger partial charge < -0.3 is 10.8 Å². The Morgan fingerprint density at radius 3 is 2.91 bits per heavy atom. The van der Waals surface area contributed by atoms with Gasteiger partial charge in [-0.15, -0.1) is 0 Å². The zero-order valence-electron chi connectivity index (χ0n) is 6.66. The third-order valence-corrected chi connectivity index (χ3v) is 2.25. The summed E-state index contributed by atoms with van der Waals surface area (Å²) in [4.78, 5) is 3.89. The molecule has 1 atom stereocenters. The van der Waals surface area contributed by atoms with Crippen molar-refractivity contribution >= 4 is 16.9 Å². The Labute approximate surface area is 71.1 Å². The van der Waals surface area contributed by atoms with Crippen LogP contribution in [0.2, 0.25) is 0 Å². The molecule has 0 aromatic heterocycles. The molecule has 1 unspecified atom stereocenters. The molecule has 0 amide bonds. The van der Waals surface area contributed by atoms with Gasteiger partial charge in [0, 0.05) is 0 Å². The number of aliphatic hydroxyl groups excluding tert-OH is 1. The van der Waals surface area contributed by atoms with E-state index in [0.717, 1.165) is 6.42 Å². The Kier molecular flexibility index (Phi) is 3.20. The normalized spacial score (nSPS) is 21.8. The highest BCUT2D eigenvalue weighted by Crippen LogP contribution is 2.33. The summed E-state index contributed by atoms with van der Waals surface area (Å²) in [5, 5.41) is 9.75. The van der Waals surface area contributed by atoms with Crippen molar-refractivity contribution in [3.63, 3.8) is 0 Å². The molecule has 1 aliphatic rings. The molecule has 1 rings (SSSR count). The molecule has 0 spiro atoms. The van der Waals surface area contributed by atoms with Crippen molar-refractivity contribution in [2.75, 3.05) is 6.26 Å². The molecular weight excluding hydrogens is 160 g/mol. The van der Waals surface area contributed by atoms with Gasteiger partial charge in [-0.25, -0.2) is 4.99 Å². The van der Waals surface area contributed by atoms with E-state index in [1.54, 1.807) is 0 Å². The maximum Gasteiger partial charge on any atom is 0.156 e. The summed E-state index contributed by atoms with van der Waals surface area (Å²) in [6.45, 7) is 0. The van der Waals surface area contributed by atoms with Gasteiger partial charge in [0.15, 0.2) is 5.17 Å². The van der Waals surface area contributed by atoms with Crippen LogP contribution in [0.4, 0.5) is 0 Å². The predicted molar refractivity (Wildman–Crippen MR) is 48.5 cm³/mol. The first-order chi connectivity index (χ1) is 5.22. The number of aliphatic imine (C=N–C) groups is 1. The number of hydrogen-bond acceptors (Lipinski definition) is 3. The quantitative estimate of drug-likeness (QED) is 0.491. The lowest BCUT2D eigenvalue weighted by Crippen LogP contribution is -2.13. The van der Waals surface area contributed by atoms with Gasteiger partial charge in [-0.3, -0.25) is 0 Å². The number of nitrogens with zero attached hydrogens (tertiary/aromatic N) is 1. The van der Waals surface area contributed by atoms with Gasteiger partial charge in [0.2, 0.25) is 0 Å². The van der Waals surface area contributed by atoms with Crippen molar-refractivity contribution in [1.29, 1.82) is 0 Å². The van der Waals surface area contributed by atoms with E-state index in [-0.39, 0.29) is 0 Å². The first-order valence-corrected chi connectivity index (χ1v) is 5.00. The lowest BCUT2D eigenvalue weighted by molar-refractivity contribution is 0.168. The fourth-order valence-electron chi connectivity index (χ4n) is 0.904. The van der Waals surface area contributed by atoms with Crippen LogP contribution in [0.1, 0.15) is 19.3 Å². The summed E-state index contributed by atoms with van der Waals surface area (Å²) in [6, 6.07) is 0. The van der Waals surface area contributed by atoms with Gasteiger partial charge >= 0.3 is 0 Å². The van der Waals surface area contributed by atoms with E-state index in [2.05, 4.69) is 4.99 Å². The van der Waals surface area contributed by atoms with Crippen LogP contribution < -0.4 is 5.73 Å². The second kappa shape index (κ2) is 3.97. The Morgan fingerprint density at radius 1 is 1.82 bits per heavy atom. The van der Waals surface area contributed by atoms with Crippen molar-refractivity contribution in [3.8, 4) is 0 Å².